The maximum Gasteiger partial charge on any atom is 0.312 e. The second-order valence-corrected chi connectivity index (χ2v) is 9.43. The molecule has 3 aliphatic heterocycles. The molecule has 4 heterocycles. The normalized spacial score (nSPS) is 18.4. The van der Waals surface area contributed by atoms with E-state index >= 15 is 0 Å². The smallest absolute Gasteiger partial charge is 0.312 e. The SMILES string of the molecule is COc1ccc2cc([C@@H]3CC(=O)Oc4ccc5c(c43)O/C(=C\c3ccc4c(c3)OCCO4)C5=O)c(=O)[nH]c2c1. The number of allylic oxidation sites excluding steroid dienone is 1. The molecule has 0 radical (unpaired) electrons. The van der Waals surface area contributed by atoms with Gasteiger partial charge in [0, 0.05) is 23.1 Å². The van der Waals surface area contributed by atoms with E-state index in [1.807, 2.05) is 12.1 Å². The summed E-state index contributed by atoms with van der Waals surface area (Å²) in [4.78, 5) is 42.0. The van der Waals surface area contributed by atoms with Gasteiger partial charge in [0.15, 0.2) is 17.3 Å². The second-order valence-electron chi connectivity index (χ2n) is 9.43. The number of aromatic nitrogens is 1. The first-order valence-electron chi connectivity index (χ1n) is 12.4. The van der Waals surface area contributed by atoms with Crippen LogP contribution in [0.4, 0.5) is 0 Å². The molecule has 0 saturated carbocycles. The molecule has 7 rings (SSSR count). The quantitative estimate of drug-likeness (QED) is 0.239. The lowest BCUT2D eigenvalue weighted by atomic mass is 9.85. The van der Waals surface area contributed by atoms with E-state index in [4.69, 9.17) is 23.7 Å². The number of pyridine rings is 1. The van der Waals surface area contributed by atoms with Crippen molar-refractivity contribution in [2.24, 2.45) is 0 Å². The number of ether oxygens (including phenoxy) is 5. The molecular weight excluding hydrogens is 502 g/mol. The molecule has 0 amide bonds. The van der Waals surface area contributed by atoms with Gasteiger partial charge in [-0.3, -0.25) is 14.4 Å². The number of ketones is 1. The number of esters is 1. The minimum absolute atomic E-state index is 0.0764. The third-order valence-corrected chi connectivity index (χ3v) is 7.10. The molecule has 3 aliphatic rings. The molecule has 9 nitrogen and oxygen atoms in total. The Kier molecular flexibility index (Phi) is 5.19. The number of rotatable bonds is 3. The highest BCUT2D eigenvalue weighted by molar-refractivity contribution is 6.15. The Balaban J connectivity index is 1.32. The number of benzene rings is 3. The molecule has 0 bridgehead atoms. The number of nitrogens with one attached hydrogen (secondary N) is 1. The Morgan fingerprint density at radius 2 is 1.72 bits per heavy atom. The Hall–Kier alpha value is -5.05. The van der Waals surface area contributed by atoms with Crippen LogP contribution in [-0.4, -0.2) is 37.1 Å². The van der Waals surface area contributed by atoms with E-state index in [1.165, 1.54) is 0 Å². The van der Waals surface area contributed by atoms with Crippen molar-refractivity contribution < 1.29 is 33.3 Å². The number of hydrogen-bond acceptors (Lipinski definition) is 8. The monoisotopic (exact) mass is 523 g/mol. The van der Waals surface area contributed by atoms with Gasteiger partial charge in [0.1, 0.15) is 30.5 Å². The van der Waals surface area contributed by atoms with Crippen LogP contribution in [-0.2, 0) is 4.79 Å². The molecule has 4 aromatic rings. The van der Waals surface area contributed by atoms with Crippen LogP contribution in [0.2, 0.25) is 0 Å². The molecular formula is C30H21NO8. The fourth-order valence-corrected chi connectivity index (χ4v) is 5.26. The minimum Gasteiger partial charge on any atom is -0.497 e. The van der Waals surface area contributed by atoms with E-state index in [0.29, 0.717) is 58.2 Å². The highest BCUT2D eigenvalue weighted by Crippen LogP contribution is 2.48. The number of aromatic amines is 1. The molecule has 0 aliphatic carbocycles. The molecule has 1 aromatic heterocycles. The van der Waals surface area contributed by atoms with Gasteiger partial charge >= 0.3 is 5.97 Å². The van der Waals surface area contributed by atoms with E-state index in [9.17, 15) is 14.4 Å². The average Bonchev–Trinajstić information content (AvgIpc) is 3.26. The van der Waals surface area contributed by atoms with Crippen LogP contribution in [0.1, 0.15) is 39.4 Å². The molecule has 0 spiro atoms. The van der Waals surface area contributed by atoms with Gasteiger partial charge in [0.25, 0.3) is 5.56 Å². The Labute approximate surface area is 221 Å². The maximum atomic E-state index is 13.3. The lowest BCUT2D eigenvalue weighted by Gasteiger charge is -2.26. The van der Waals surface area contributed by atoms with Gasteiger partial charge < -0.3 is 28.7 Å². The summed E-state index contributed by atoms with van der Waals surface area (Å²) in [6, 6.07) is 15.6. The third-order valence-electron chi connectivity index (χ3n) is 7.10. The molecule has 1 N–H and O–H groups in total. The van der Waals surface area contributed by atoms with Crippen LogP contribution in [0.15, 0.2) is 65.2 Å². The number of Topliss-reactive ketones (excluding diaryl/α,β-unsaturated/α-hetero) is 1. The van der Waals surface area contributed by atoms with Crippen molar-refractivity contribution in [3.05, 3.63) is 93.0 Å². The predicted octanol–water partition coefficient (Wildman–Crippen LogP) is 4.37. The van der Waals surface area contributed by atoms with Crippen LogP contribution in [0.5, 0.6) is 28.7 Å². The largest absolute Gasteiger partial charge is 0.497 e. The molecule has 39 heavy (non-hydrogen) atoms. The number of methoxy groups -OCH3 is 1. The van der Waals surface area contributed by atoms with Gasteiger partial charge in [0.2, 0.25) is 5.78 Å². The van der Waals surface area contributed by atoms with Crippen molar-refractivity contribution in [1.29, 1.82) is 0 Å². The van der Waals surface area contributed by atoms with E-state index < -0.39 is 11.9 Å². The summed E-state index contributed by atoms with van der Waals surface area (Å²) in [6.45, 7) is 0.928. The van der Waals surface area contributed by atoms with Crippen LogP contribution in [0.25, 0.3) is 17.0 Å². The van der Waals surface area contributed by atoms with Crippen molar-refractivity contribution in [2.45, 2.75) is 12.3 Å². The second kappa shape index (κ2) is 8.76. The maximum absolute atomic E-state index is 13.3. The van der Waals surface area contributed by atoms with Crippen LogP contribution < -0.4 is 29.2 Å². The standard InChI is InChI=1S/C30H21NO8/c1-35-17-4-3-16-12-20(30(34)31-21(16)13-17)19-14-26(32)38-23-7-5-18-28(33)25(39-29(18)27(19)23)11-15-2-6-22-24(10-15)37-9-8-36-22/h2-7,10-13,19H,8-9,14H2,1H3,(H,31,34)/b25-11-/t19-/m0/s1. The van der Waals surface area contributed by atoms with Crippen molar-refractivity contribution in [3.8, 4) is 28.7 Å². The molecule has 0 fully saturated rings. The van der Waals surface area contributed by atoms with Crippen LogP contribution >= 0.6 is 0 Å². The van der Waals surface area contributed by atoms with Gasteiger partial charge in [-0.25, -0.2) is 0 Å². The average molecular weight is 523 g/mol. The van der Waals surface area contributed by atoms with Crippen molar-refractivity contribution in [1.82, 2.24) is 4.98 Å². The van der Waals surface area contributed by atoms with Gasteiger partial charge in [-0.2, -0.15) is 0 Å². The van der Waals surface area contributed by atoms with Crippen LogP contribution in [0, 0.1) is 0 Å². The predicted molar refractivity (Wildman–Crippen MR) is 140 cm³/mol. The van der Waals surface area contributed by atoms with E-state index in [-0.39, 0.29) is 35.0 Å². The molecule has 9 heteroatoms. The zero-order chi connectivity index (χ0) is 26.7. The Bertz CT molecular complexity index is 1800. The number of fused-ring (bicyclic) bond motifs is 5. The van der Waals surface area contributed by atoms with Gasteiger partial charge in [-0.1, -0.05) is 6.07 Å². The molecule has 3 aromatic carbocycles. The number of carbonyl (C=O) groups excluding carboxylic acids is 2. The first-order valence-corrected chi connectivity index (χ1v) is 12.4. The third kappa shape index (κ3) is 3.82. The summed E-state index contributed by atoms with van der Waals surface area (Å²) in [5.41, 5.74) is 2.16. The van der Waals surface area contributed by atoms with E-state index in [1.54, 1.807) is 55.7 Å². The zero-order valence-corrected chi connectivity index (χ0v) is 20.7. The number of hydrogen-bond donors (Lipinski definition) is 1. The molecule has 0 unspecified atom stereocenters. The Morgan fingerprint density at radius 3 is 2.56 bits per heavy atom. The number of H-pyrrole nitrogens is 1. The number of carbonyl (C=O) groups is 2. The summed E-state index contributed by atoms with van der Waals surface area (Å²) in [7, 11) is 1.55. The minimum atomic E-state index is -0.673. The highest BCUT2D eigenvalue weighted by atomic mass is 16.6. The summed E-state index contributed by atoms with van der Waals surface area (Å²) >= 11 is 0. The summed E-state index contributed by atoms with van der Waals surface area (Å²) in [5.74, 6) is 1.05. The van der Waals surface area contributed by atoms with Crippen molar-refractivity contribution in [2.75, 3.05) is 20.3 Å². The highest BCUT2D eigenvalue weighted by Gasteiger charge is 2.39. The summed E-state index contributed by atoms with van der Waals surface area (Å²) < 4.78 is 28.1. The molecule has 1 atom stereocenters. The lowest BCUT2D eigenvalue weighted by molar-refractivity contribution is -0.135. The zero-order valence-electron chi connectivity index (χ0n) is 20.7. The van der Waals surface area contributed by atoms with E-state index in [0.717, 1.165) is 5.39 Å². The topological polar surface area (TPSA) is 113 Å². The fraction of sp³-hybridized carbons (Fsp3) is 0.167. The molecule has 194 valence electrons. The lowest BCUT2D eigenvalue weighted by Crippen LogP contribution is -2.26. The van der Waals surface area contributed by atoms with E-state index in [2.05, 4.69) is 4.98 Å². The summed E-state index contributed by atoms with van der Waals surface area (Å²) in [5, 5.41) is 0.773. The van der Waals surface area contributed by atoms with Crippen molar-refractivity contribution >= 4 is 28.7 Å². The summed E-state index contributed by atoms with van der Waals surface area (Å²) in [6.07, 6.45) is 1.56. The van der Waals surface area contributed by atoms with Crippen LogP contribution in [0.3, 0.4) is 0 Å². The first-order chi connectivity index (χ1) is 19.0. The van der Waals surface area contributed by atoms with Gasteiger partial charge in [0.05, 0.1) is 24.6 Å². The van der Waals surface area contributed by atoms with Gasteiger partial charge in [-0.05, 0) is 59.5 Å². The van der Waals surface area contributed by atoms with Gasteiger partial charge in [-0.15, -0.1) is 0 Å². The molecule has 0 saturated heterocycles. The fourth-order valence-electron chi connectivity index (χ4n) is 5.26. The Morgan fingerprint density at radius 1 is 0.897 bits per heavy atom. The first kappa shape index (κ1) is 23.1. The van der Waals surface area contributed by atoms with Crippen molar-refractivity contribution in [3.63, 3.8) is 0 Å².